The Hall–Kier alpha value is -4.27. The molecule has 8 nitrogen and oxygen atoms in total. The third-order valence-electron chi connectivity index (χ3n) is 6.35. The highest BCUT2D eigenvalue weighted by molar-refractivity contribution is 6.01. The summed E-state index contributed by atoms with van der Waals surface area (Å²) in [6.45, 7) is 5.49. The summed E-state index contributed by atoms with van der Waals surface area (Å²) in [6, 6.07) is 18.8. The molecule has 4 rings (SSSR count). The monoisotopic (exact) mass is 503 g/mol. The van der Waals surface area contributed by atoms with Crippen molar-refractivity contribution in [2.75, 3.05) is 12.0 Å². The molecule has 0 fully saturated rings. The van der Waals surface area contributed by atoms with Gasteiger partial charge in [-0.25, -0.2) is 9.07 Å². The summed E-state index contributed by atoms with van der Waals surface area (Å²) in [5, 5.41) is 11.3. The lowest BCUT2D eigenvalue weighted by atomic mass is 9.98. The fourth-order valence-corrected chi connectivity index (χ4v) is 4.02. The van der Waals surface area contributed by atoms with Gasteiger partial charge in [0.2, 0.25) is 11.8 Å². The number of benzene rings is 3. The van der Waals surface area contributed by atoms with Crippen LogP contribution in [-0.2, 0) is 16.1 Å². The highest BCUT2D eigenvalue weighted by atomic mass is 19.1. The first kappa shape index (κ1) is 25.8. The van der Waals surface area contributed by atoms with Gasteiger partial charge >= 0.3 is 0 Å². The first-order chi connectivity index (χ1) is 17.7. The summed E-state index contributed by atoms with van der Waals surface area (Å²) in [4.78, 5) is 29.0. The van der Waals surface area contributed by atoms with Crippen molar-refractivity contribution in [3.05, 3.63) is 84.2 Å². The van der Waals surface area contributed by atoms with Gasteiger partial charge in [-0.3, -0.25) is 14.5 Å². The third-order valence-corrected chi connectivity index (χ3v) is 6.35. The van der Waals surface area contributed by atoms with Crippen LogP contribution in [-0.4, -0.2) is 39.5 Å². The minimum Gasteiger partial charge on any atom is -0.497 e. The van der Waals surface area contributed by atoms with E-state index in [-0.39, 0.29) is 12.2 Å². The average Bonchev–Trinajstić information content (AvgIpc) is 3.30. The minimum atomic E-state index is -1.18. The molecule has 0 aliphatic heterocycles. The predicted molar refractivity (Wildman–Crippen MR) is 140 cm³/mol. The first-order valence-electron chi connectivity index (χ1n) is 12.0. The molecule has 3 aromatic carbocycles. The Kier molecular flexibility index (Phi) is 7.52. The predicted octanol–water partition coefficient (Wildman–Crippen LogP) is 4.66. The van der Waals surface area contributed by atoms with Gasteiger partial charge < -0.3 is 10.1 Å². The van der Waals surface area contributed by atoms with Crippen molar-refractivity contribution >= 4 is 28.5 Å². The van der Waals surface area contributed by atoms with Crippen molar-refractivity contribution < 1.29 is 18.7 Å². The Bertz CT molecular complexity index is 1420. The van der Waals surface area contributed by atoms with Gasteiger partial charge in [0.15, 0.2) is 0 Å². The Morgan fingerprint density at radius 3 is 2.54 bits per heavy atom. The number of methoxy groups -OCH3 is 1. The molecule has 0 aliphatic rings. The van der Waals surface area contributed by atoms with E-state index in [4.69, 9.17) is 4.74 Å². The van der Waals surface area contributed by atoms with Gasteiger partial charge in [-0.05, 0) is 62.2 Å². The van der Waals surface area contributed by atoms with Crippen molar-refractivity contribution in [2.24, 2.45) is 0 Å². The molecule has 0 radical (unpaired) electrons. The van der Waals surface area contributed by atoms with Crippen LogP contribution < -0.4 is 15.0 Å². The number of amides is 2. The zero-order valence-corrected chi connectivity index (χ0v) is 21.3. The number of hydrogen-bond acceptors (Lipinski definition) is 5. The van der Waals surface area contributed by atoms with Crippen molar-refractivity contribution in [2.45, 2.75) is 45.3 Å². The lowest BCUT2D eigenvalue weighted by Gasteiger charge is -2.34. The molecule has 1 atom stereocenters. The zero-order chi connectivity index (χ0) is 26.6. The Morgan fingerprint density at radius 1 is 1.08 bits per heavy atom. The standard InChI is InChI=1S/C28H30FN5O3/c1-5-28(2,3)30-27(36)26(19-11-10-12-20(17-19)37-4)34(23-15-8-6-13-21(23)29)25(35)18-33-24-16-9-7-14-22(24)31-32-33/h6-17,26H,5,18H2,1-4H3,(H,30,36)/t26-/m1/s1. The summed E-state index contributed by atoms with van der Waals surface area (Å²) in [6.07, 6.45) is 0.655. The number of para-hydroxylation sites is 2. The number of anilines is 1. The van der Waals surface area contributed by atoms with Gasteiger partial charge in [-0.1, -0.05) is 48.5 Å². The third kappa shape index (κ3) is 5.61. The Morgan fingerprint density at radius 2 is 1.81 bits per heavy atom. The minimum absolute atomic E-state index is 0.0193. The van der Waals surface area contributed by atoms with Crippen molar-refractivity contribution in [1.82, 2.24) is 20.3 Å². The molecule has 0 spiro atoms. The molecule has 1 aromatic heterocycles. The van der Waals surface area contributed by atoms with Crippen LogP contribution in [0, 0.1) is 5.82 Å². The molecule has 0 aliphatic carbocycles. The summed E-state index contributed by atoms with van der Waals surface area (Å²) < 4.78 is 22.1. The number of rotatable bonds is 9. The van der Waals surface area contributed by atoms with Gasteiger partial charge in [0.05, 0.1) is 18.3 Å². The summed E-state index contributed by atoms with van der Waals surface area (Å²) in [5.74, 6) is -1.10. The van der Waals surface area contributed by atoms with Crippen LogP contribution in [0.5, 0.6) is 5.75 Å². The van der Waals surface area contributed by atoms with E-state index in [1.54, 1.807) is 42.5 Å². The quantitative estimate of drug-likeness (QED) is 0.359. The number of halogens is 1. The van der Waals surface area contributed by atoms with Crippen molar-refractivity contribution in [3.8, 4) is 5.75 Å². The van der Waals surface area contributed by atoms with E-state index >= 15 is 4.39 Å². The Labute approximate surface area is 215 Å². The van der Waals surface area contributed by atoms with Crippen molar-refractivity contribution in [3.63, 3.8) is 0 Å². The van der Waals surface area contributed by atoms with Crippen LogP contribution in [0.15, 0.2) is 72.8 Å². The molecule has 2 amide bonds. The van der Waals surface area contributed by atoms with Crippen molar-refractivity contribution in [1.29, 1.82) is 0 Å². The normalized spacial score (nSPS) is 12.2. The smallest absolute Gasteiger partial charge is 0.249 e. The molecule has 192 valence electrons. The lowest BCUT2D eigenvalue weighted by Crippen LogP contribution is -2.51. The van der Waals surface area contributed by atoms with E-state index in [2.05, 4.69) is 15.6 Å². The average molecular weight is 504 g/mol. The van der Waals surface area contributed by atoms with E-state index in [0.717, 1.165) is 0 Å². The molecule has 0 saturated heterocycles. The number of nitrogens with zero attached hydrogens (tertiary/aromatic N) is 4. The van der Waals surface area contributed by atoms with E-state index in [1.165, 1.54) is 34.9 Å². The summed E-state index contributed by atoms with van der Waals surface area (Å²) in [7, 11) is 1.52. The maximum Gasteiger partial charge on any atom is 0.249 e. The van der Waals surface area contributed by atoms with E-state index < -0.39 is 29.2 Å². The number of carbonyl (C=O) groups is 2. The maximum atomic E-state index is 15.2. The van der Waals surface area contributed by atoms with Gasteiger partial charge in [-0.15, -0.1) is 5.10 Å². The number of carbonyl (C=O) groups excluding carboxylic acids is 2. The number of ether oxygens (including phenoxy) is 1. The fraction of sp³-hybridized carbons (Fsp3) is 0.286. The molecule has 0 bridgehead atoms. The Balaban J connectivity index is 1.85. The molecule has 37 heavy (non-hydrogen) atoms. The van der Waals surface area contributed by atoms with E-state index in [0.29, 0.717) is 28.8 Å². The number of hydrogen-bond donors (Lipinski definition) is 1. The molecule has 4 aromatic rings. The number of nitrogens with one attached hydrogen (secondary N) is 1. The zero-order valence-electron chi connectivity index (χ0n) is 21.3. The van der Waals surface area contributed by atoms with Gasteiger partial charge in [-0.2, -0.15) is 0 Å². The fourth-order valence-electron chi connectivity index (χ4n) is 4.02. The highest BCUT2D eigenvalue weighted by Gasteiger charge is 2.36. The second kappa shape index (κ2) is 10.8. The van der Waals surface area contributed by atoms with Gasteiger partial charge in [0.1, 0.15) is 29.7 Å². The molecule has 1 N–H and O–H groups in total. The van der Waals surface area contributed by atoms with Crippen LogP contribution in [0.3, 0.4) is 0 Å². The van der Waals surface area contributed by atoms with Crippen LogP contribution in [0.4, 0.5) is 10.1 Å². The molecule has 1 heterocycles. The van der Waals surface area contributed by atoms with Crippen LogP contribution in [0.25, 0.3) is 11.0 Å². The second-order valence-corrected chi connectivity index (χ2v) is 9.36. The maximum absolute atomic E-state index is 15.2. The first-order valence-corrected chi connectivity index (χ1v) is 12.0. The largest absolute Gasteiger partial charge is 0.497 e. The van der Waals surface area contributed by atoms with E-state index in [1.807, 2.05) is 32.9 Å². The summed E-state index contributed by atoms with van der Waals surface area (Å²) in [5.41, 5.74) is 1.18. The van der Waals surface area contributed by atoms with Crippen LogP contribution in [0.2, 0.25) is 0 Å². The molecule has 9 heteroatoms. The topological polar surface area (TPSA) is 89.4 Å². The summed E-state index contributed by atoms with van der Waals surface area (Å²) >= 11 is 0. The molecule has 0 saturated carbocycles. The number of fused-ring (bicyclic) bond motifs is 1. The van der Waals surface area contributed by atoms with E-state index in [9.17, 15) is 9.59 Å². The molecular weight excluding hydrogens is 473 g/mol. The van der Waals surface area contributed by atoms with Crippen LogP contribution in [0.1, 0.15) is 38.8 Å². The van der Waals surface area contributed by atoms with Gasteiger partial charge in [0.25, 0.3) is 0 Å². The SMILES string of the molecule is CCC(C)(C)NC(=O)[C@@H](c1cccc(OC)c1)N(C(=O)Cn1nnc2ccccc21)c1ccccc1F. The van der Waals surface area contributed by atoms with Crippen LogP contribution >= 0.6 is 0 Å². The highest BCUT2D eigenvalue weighted by Crippen LogP contribution is 2.32. The lowest BCUT2D eigenvalue weighted by molar-refractivity contribution is -0.128. The molecular formula is C28H30FN5O3. The number of aromatic nitrogens is 3. The second-order valence-electron chi connectivity index (χ2n) is 9.36. The van der Waals surface area contributed by atoms with Gasteiger partial charge in [0, 0.05) is 5.54 Å². The molecule has 0 unspecified atom stereocenters.